The predicted molar refractivity (Wildman–Crippen MR) is 109 cm³/mol. The number of pyridine rings is 1. The first-order chi connectivity index (χ1) is 14.7. The van der Waals surface area contributed by atoms with Crippen molar-refractivity contribution >= 4 is 23.5 Å². The maximum atomic E-state index is 13.4. The molecule has 0 fully saturated rings. The molecule has 1 amide bonds. The number of hydrogen-bond acceptors (Lipinski definition) is 4. The number of carbonyl (C=O) groups is 2. The lowest BCUT2D eigenvalue weighted by Crippen LogP contribution is -2.27. The summed E-state index contributed by atoms with van der Waals surface area (Å²) in [7, 11) is 0. The van der Waals surface area contributed by atoms with E-state index in [1.807, 2.05) is 0 Å². The fourth-order valence-electron chi connectivity index (χ4n) is 2.76. The summed E-state index contributed by atoms with van der Waals surface area (Å²) in [6, 6.07) is 10.4. The van der Waals surface area contributed by atoms with Gasteiger partial charge in [0, 0.05) is 6.20 Å². The summed E-state index contributed by atoms with van der Waals surface area (Å²) in [6.07, 6.45) is 1.30. The minimum Gasteiger partial charge on any atom is -0.478 e. The number of halogens is 3. The summed E-state index contributed by atoms with van der Waals surface area (Å²) in [4.78, 5) is 27.8. The molecule has 0 unspecified atom stereocenters. The Morgan fingerprint density at radius 1 is 1.13 bits per heavy atom. The number of nitrogens with one attached hydrogen (secondary N) is 1. The molecular weight excluding hydrogens is 430 g/mol. The summed E-state index contributed by atoms with van der Waals surface area (Å²) >= 11 is 5.97. The molecule has 0 spiro atoms. The second kappa shape index (κ2) is 9.53. The highest BCUT2D eigenvalue weighted by molar-refractivity contribution is 6.30. The minimum absolute atomic E-state index is 0.0277. The molecule has 1 aromatic heterocycles. The van der Waals surface area contributed by atoms with Gasteiger partial charge < -0.3 is 15.2 Å². The first kappa shape index (κ1) is 22.2. The van der Waals surface area contributed by atoms with Gasteiger partial charge in [-0.05, 0) is 48.4 Å². The Morgan fingerprint density at radius 3 is 2.48 bits per heavy atom. The molecule has 9 heteroatoms. The van der Waals surface area contributed by atoms with E-state index < -0.39 is 29.6 Å². The van der Waals surface area contributed by atoms with Gasteiger partial charge in [-0.3, -0.25) is 4.79 Å². The van der Waals surface area contributed by atoms with Crippen molar-refractivity contribution in [2.75, 3.05) is 0 Å². The zero-order valence-electron chi connectivity index (χ0n) is 16.2. The molecule has 0 bridgehead atoms. The van der Waals surface area contributed by atoms with Crippen LogP contribution in [-0.4, -0.2) is 22.0 Å². The molecule has 2 N–H and O–H groups in total. The Labute approximate surface area is 181 Å². The second-order valence-corrected chi connectivity index (χ2v) is 7.10. The van der Waals surface area contributed by atoms with Crippen molar-refractivity contribution in [1.29, 1.82) is 0 Å². The topological polar surface area (TPSA) is 88.5 Å². The molecule has 160 valence electrons. The van der Waals surface area contributed by atoms with Crippen molar-refractivity contribution in [2.24, 2.45) is 0 Å². The number of rotatable bonds is 7. The van der Waals surface area contributed by atoms with Crippen LogP contribution in [0, 0.1) is 11.6 Å². The Balaban J connectivity index is 1.74. The van der Waals surface area contributed by atoms with Crippen molar-refractivity contribution in [2.45, 2.75) is 19.6 Å². The molecule has 0 aliphatic carbocycles. The van der Waals surface area contributed by atoms with E-state index in [1.165, 1.54) is 30.5 Å². The molecule has 1 atom stereocenters. The average molecular weight is 447 g/mol. The van der Waals surface area contributed by atoms with Crippen LogP contribution in [0.4, 0.5) is 8.78 Å². The minimum atomic E-state index is -1.05. The smallest absolute Gasteiger partial charge is 0.335 e. The standard InChI is InChI=1S/C22H17ClF2N2O4/c1-12(14-3-5-15(6-4-14)22(29)30)27-20(28)17-9-16(23)10-26-21(17)31-11-13-2-7-18(24)19(25)8-13/h2-10,12H,11H2,1H3,(H,27,28)(H,29,30)/t12-/m0/s1. The second-order valence-electron chi connectivity index (χ2n) is 6.67. The first-order valence-corrected chi connectivity index (χ1v) is 9.49. The summed E-state index contributed by atoms with van der Waals surface area (Å²) < 4.78 is 32.0. The SMILES string of the molecule is C[C@H](NC(=O)c1cc(Cl)cnc1OCc1ccc(F)c(F)c1)c1ccc(C(=O)O)cc1. The molecule has 0 aliphatic rings. The summed E-state index contributed by atoms with van der Waals surface area (Å²) in [5.41, 5.74) is 1.24. The van der Waals surface area contributed by atoms with Gasteiger partial charge in [0.15, 0.2) is 11.6 Å². The predicted octanol–water partition coefficient (Wildman–Crippen LogP) is 4.78. The lowest BCUT2D eigenvalue weighted by atomic mass is 10.1. The average Bonchev–Trinajstić information content (AvgIpc) is 2.75. The van der Waals surface area contributed by atoms with Crippen molar-refractivity contribution in [3.63, 3.8) is 0 Å². The van der Waals surface area contributed by atoms with E-state index in [2.05, 4.69) is 10.3 Å². The van der Waals surface area contributed by atoms with Crippen LogP contribution in [0.3, 0.4) is 0 Å². The van der Waals surface area contributed by atoms with Crippen LogP contribution in [0.5, 0.6) is 5.88 Å². The Hall–Kier alpha value is -3.52. The van der Waals surface area contributed by atoms with Gasteiger partial charge in [-0.1, -0.05) is 29.8 Å². The number of carboxylic acids is 1. The molecule has 6 nitrogen and oxygen atoms in total. The van der Waals surface area contributed by atoms with E-state index in [-0.39, 0.29) is 28.6 Å². The fraction of sp³-hybridized carbons (Fsp3) is 0.136. The molecule has 1 heterocycles. The quantitative estimate of drug-likeness (QED) is 0.545. The van der Waals surface area contributed by atoms with Gasteiger partial charge in [-0.2, -0.15) is 0 Å². The van der Waals surface area contributed by atoms with E-state index >= 15 is 0 Å². The molecule has 2 aromatic carbocycles. The van der Waals surface area contributed by atoms with Gasteiger partial charge in [0.2, 0.25) is 5.88 Å². The molecule has 3 aromatic rings. The van der Waals surface area contributed by atoms with Crippen LogP contribution in [0.25, 0.3) is 0 Å². The number of aromatic carboxylic acids is 1. The molecule has 0 radical (unpaired) electrons. The number of carboxylic acid groups (broad SMARTS) is 1. The molecule has 0 saturated heterocycles. The number of benzene rings is 2. The van der Waals surface area contributed by atoms with E-state index in [4.69, 9.17) is 21.4 Å². The number of aromatic nitrogens is 1. The zero-order chi connectivity index (χ0) is 22.5. The third-order valence-corrected chi connectivity index (χ3v) is 4.63. The third kappa shape index (κ3) is 5.55. The molecular formula is C22H17ClF2N2O4. The number of amides is 1. The first-order valence-electron chi connectivity index (χ1n) is 9.11. The Bertz CT molecular complexity index is 1120. The zero-order valence-corrected chi connectivity index (χ0v) is 17.0. The number of nitrogens with zero attached hydrogens (tertiary/aromatic N) is 1. The van der Waals surface area contributed by atoms with Crippen LogP contribution in [0.2, 0.25) is 5.02 Å². The Kier molecular flexibility index (Phi) is 6.81. The van der Waals surface area contributed by atoms with Gasteiger partial charge in [0.05, 0.1) is 16.6 Å². The monoisotopic (exact) mass is 446 g/mol. The largest absolute Gasteiger partial charge is 0.478 e. The van der Waals surface area contributed by atoms with E-state index in [0.717, 1.165) is 12.1 Å². The van der Waals surface area contributed by atoms with Crippen LogP contribution in [-0.2, 0) is 6.61 Å². The highest BCUT2D eigenvalue weighted by Gasteiger charge is 2.18. The summed E-state index contributed by atoms with van der Waals surface area (Å²) in [6.45, 7) is 1.59. The fourth-order valence-corrected chi connectivity index (χ4v) is 2.92. The van der Waals surface area contributed by atoms with Crippen molar-refractivity contribution in [3.8, 4) is 5.88 Å². The lowest BCUT2D eigenvalue weighted by molar-refractivity contribution is 0.0696. The third-order valence-electron chi connectivity index (χ3n) is 4.43. The van der Waals surface area contributed by atoms with Crippen molar-refractivity contribution < 1.29 is 28.2 Å². The lowest BCUT2D eigenvalue weighted by Gasteiger charge is -2.16. The normalized spacial score (nSPS) is 11.6. The number of carbonyl (C=O) groups excluding carboxylic acids is 1. The van der Waals surface area contributed by atoms with E-state index in [1.54, 1.807) is 19.1 Å². The molecule has 0 saturated carbocycles. The molecule has 0 aliphatic heterocycles. The summed E-state index contributed by atoms with van der Waals surface area (Å²) in [5.74, 6) is -3.58. The van der Waals surface area contributed by atoms with Gasteiger partial charge in [-0.15, -0.1) is 0 Å². The van der Waals surface area contributed by atoms with Crippen LogP contribution >= 0.6 is 11.6 Å². The van der Waals surface area contributed by atoms with Gasteiger partial charge >= 0.3 is 5.97 Å². The maximum absolute atomic E-state index is 13.4. The summed E-state index contributed by atoms with van der Waals surface area (Å²) in [5, 5.41) is 12.0. The highest BCUT2D eigenvalue weighted by atomic mass is 35.5. The molecule has 3 rings (SSSR count). The van der Waals surface area contributed by atoms with Crippen molar-refractivity contribution in [3.05, 3.63) is 93.6 Å². The van der Waals surface area contributed by atoms with E-state index in [0.29, 0.717) is 11.1 Å². The van der Waals surface area contributed by atoms with Gasteiger partial charge in [0.25, 0.3) is 5.91 Å². The number of ether oxygens (including phenoxy) is 1. The maximum Gasteiger partial charge on any atom is 0.335 e. The van der Waals surface area contributed by atoms with E-state index in [9.17, 15) is 18.4 Å². The Morgan fingerprint density at radius 2 is 1.84 bits per heavy atom. The number of hydrogen-bond donors (Lipinski definition) is 2. The van der Waals surface area contributed by atoms with Crippen LogP contribution < -0.4 is 10.1 Å². The van der Waals surface area contributed by atoms with Crippen LogP contribution in [0.15, 0.2) is 54.7 Å². The highest BCUT2D eigenvalue weighted by Crippen LogP contribution is 2.23. The molecule has 31 heavy (non-hydrogen) atoms. The van der Waals surface area contributed by atoms with Gasteiger partial charge in [-0.25, -0.2) is 18.6 Å². The van der Waals surface area contributed by atoms with Gasteiger partial charge in [0.1, 0.15) is 12.2 Å². The van der Waals surface area contributed by atoms with Crippen LogP contribution in [0.1, 0.15) is 44.8 Å². The van der Waals surface area contributed by atoms with Crippen molar-refractivity contribution in [1.82, 2.24) is 10.3 Å².